The van der Waals surface area contributed by atoms with E-state index < -0.39 is 0 Å². The summed E-state index contributed by atoms with van der Waals surface area (Å²) < 4.78 is 2.18. The van der Waals surface area contributed by atoms with Crippen LogP contribution in [0.1, 0.15) is 25.8 Å². The van der Waals surface area contributed by atoms with Crippen LogP contribution in [0.15, 0.2) is 53.7 Å². The summed E-state index contributed by atoms with van der Waals surface area (Å²) in [6.45, 7) is 5.10. The van der Waals surface area contributed by atoms with Crippen LogP contribution in [-0.4, -0.2) is 31.4 Å². The van der Waals surface area contributed by atoms with E-state index in [4.69, 9.17) is 4.98 Å². The van der Waals surface area contributed by atoms with E-state index in [0.717, 1.165) is 47.1 Å². The Labute approximate surface area is 173 Å². The Bertz CT molecular complexity index is 1170. The highest BCUT2D eigenvalue weighted by atomic mass is 32.2. The Kier molecular flexibility index (Phi) is 5.76. The third-order valence-electron chi connectivity index (χ3n) is 4.75. The second-order valence-electron chi connectivity index (χ2n) is 6.83. The zero-order valence-corrected chi connectivity index (χ0v) is 17.4. The quantitative estimate of drug-likeness (QED) is 0.452. The number of rotatable bonds is 7. The third kappa shape index (κ3) is 4.10. The first-order valence-electron chi connectivity index (χ1n) is 9.82. The third-order valence-corrected chi connectivity index (χ3v) is 5.59. The van der Waals surface area contributed by atoms with Crippen molar-refractivity contribution >= 4 is 45.4 Å². The van der Waals surface area contributed by atoms with Gasteiger partial charge in [0.15, 0.2) is 5.65 Å². The minimum absolute atomic E-state index is 0.0824. The fourth-order valence-corrected chi connectivity index (χ4v) is 3.98. The average molecular weight is 406 g/mol. The molecule has 1 amide bonds. The van der Waals surface area contributed by atoms with Gasteiger partial charge in [-0.05, 0) is 36.6 Å². The lowest BCUT2D eigenvalue weighted by Gasteiger charge is -2.07. The van der Waals surface area contributed by atoms with Gasteiger partial charge in [-0.2, -0.15) is 0 Å². The van der Waals surface area contributed by atoms with Crippen LogP contribution in [-0.2, 0) is 17.8 Å². The van der Waals surface area contributed by atoms with Crippen LogP contribution in [0.25, 0.3) is 22.1 Å². The van der Waals surface area contributed by atoms with E-state index in [0.29, 0.717) is 5.16 Å². The Morgan fingerprint density at radius 1 is 1.10 bits per heavy atom. The summed E-state index contributed by atoms with van der Waals surface area (Å²) in [5, 5.41) is 13.2. The van der Waals surface area contributed by atoms with Gasteiger partial charge >= 0.3 is 0 Å². The fourth-order valence-electron chi connectivity index (χ4n) is 3.40. The van der Waals surface area contributed by atoms with Crippen molar-refractivity contribution in [2.45, 2.75) is 38.4 Å². The van der Waals surface area contributed by atoms with Gasteiger partial charge < -0.3 is 9.88 Å². The van der Waals surface area contributed by atoms with E-state index >= 15 is 0 Å². The molecule has 0 atom stereocenters. The van der Waals surface area contributed by atoms with Crippen molar-refractivity contribution in [2.75, 3.05) is 11.1 Å². The zero-order chi connectivity index (χ0) is 20.2. The van der Waals surface area contributed by atoms with E-state index in [1.807, 2.05) is 36.4 Å². The second kappa shape index (κ2) is 8.61. The molecule has 4 rings (SSSR count). The van der Waals surface area contributed by atoms with Crippen molar-refractivity contribution in [3.05, 3.63) is 54.1 Å². The van der Waals surface area contributed by atoms with Crippen molar-refractivity contribution in [1.29, 1.82) is 0 Å². The highest BCUT2D eigenvalue weighted by molar-refractivity contribution is 7.99. The highest BCUT2D eigenvalue weighted by Gasteiger charge is 2.15. The lowest BCUT2D eigenvalue weighted by molar-refractivity contribution is -0.113. The molecule has 1 N–H and O–H groups in total. The molecule has 0 radical (unpaired) electrons. The van der Waals surface area contributed by atoms with Crippen LogP contribution in [0, 0.1) is 0 Å². The summed E-state index contributed by atoms with van der Waals surface area (Å²) >= 11 is 1.30. The van der Waals surface area contributed by atoms with E-state index in [-0.39, 0.29) is 11.7 Å². The van der Waals surface area contributed by atoms with Crippen molar-refractivity contribution in [3.63, 3.8) is 0 Å². The number of amides is 1. The molecule has 148 valence electrons. The number of aryl methyl sites for hydroxylation is 2. The number of hydrogen-bond donors (Lipinski definition) is 1. The first-order valence-corrected chi connectivity index (χ1v) is 10.8. The smallest absolute Gasteiger partial charge is 0.234 e. The normalized spacial score (nSPS) is 11.2. The first-order chi connectivity index (χ1) is 14.2. The lowest BCUT2D eigenvalue weighted by atomic mass is 10.1. The number of anilines is 1. The number of aromatic nitrogens is 4. The Morgan fingerprint density at radius 2 is 1.97 bits per heavy atom. The lowest BCUT2D eigenvalue weighted by Crippen LogP contribution is -2.14. The SMILES string of the molecule is CCCn1c2ccccc2c2nnc(SCC(=O)Nc3cccc(CC)c3)nc21. The van der Waals surface area contributed by atoms with E-state index in [1.54, 1.807) is 0 Å². The van der Waals surface area contributed by atoms with Crippen LogP contribution in [0.2, 0.25) is 0 Å². The molecule has 29 heavy (non-hydrogen) atoms. The molecule has 0 fully saturated rings. The molecule has 0 spiro atoms. The molecule has 0 unspecified atom stereocenters. The number of thioether (sulfide) groups is 1. The van der Waals surface area contributed by atoms with Crippen LogP contribution >= 0.6 is 11.8 Å². The monoisotopic (exact) mass is 405 g/mol. The van der Waals surface area contributed by atoms with Crippen LogP contribution < -0.4 is 5.32 Å². The van der Waals surface area contributed by atoms with Gasteiger partial charge in [-0.25, -0.2) is 4.98 Å². The fraction of sp³-hybridized carbons (Fsp3) is 0.273. The molecule has 0 saturated carbocycles. The Hall–Kier alpha value is -2.93. The maximum Gasteiger partial charge on any atom is 0.234 e. The molecule has 2 aromatic carbocycles. The van der Waals surface area contributed by atoms with Gasteiger partial charge in [0.05, 0.1) is 11.3 Å². The molecule has 2 heterocycles. The van der Waals surface area contributed by atoms with E-state index in [1.165, 1.54) is 17.3 Å². The minimum Gasteiger partial charge on any atom is -0.325 e. The van der Waals surface area contributed by atoms with Gasteiger partial charge in [-0.1, -0.05) is 55.9 Å². The van der Waals surface area contributed by atoms with Crippen molar-refractivity contribution in [1.82, 2.24) is 19.7 Å². The van der Waals surface area contributed by atoms with E-state index in [2.05, 4.69) is 46.1 Å². The van der Waals surface area contributed by atoms with Gasteiger partial charge in [0.2, 0.25) is 11.1 Å². The van der Waals surface area contributed by atoms with Gasteiger partial charge in [0.1, 0.15) is 5.52 Å². The number of carbonyl (C=O) groups excluding carboxylic acids is 1. The average Bonchev–Trinajstić information content (AvgIpc) is 3.06. The molecule has 0 aliphatic heterocycles. The second-order valence-corrected chi connectivity index (χ2v) is 7.77. The largest absolute Gasteiger partial charge is 0.325 e. The first kappa shape index (κ1) is 19.4. The summed E-state index contributed by atoms with van der Waals surface area (Å²) in [6.07, 6.45) is 1.93. The zero-order valence-electron chi connectivity index (χ0n) is 16.6. The maximum absolute atomic E-state index is 12.3. The van der Waals surface area contributed by atoms with Gasteiger partial charge in [0.25, 0.3) is 0 Å². The van der Waals surface area contributed by atoms with Crippen molar-refractivity contribution < 1.29 is 4.79 Å². The summed E-state index contributed by atoms with van der Waals surface area (Å²) in [5.41, 5.74) is 4.74. The predicted octanol–water partition coefficient (Wildman–Crippen LogP) is 4.68. The van der Waals surface area contributed by atoms with Crippen molar-refractivity contribution in [3.8, 4) is 0 Å². The molecule has 0 aliphatic carbocycles. The predicted molar refractivity (Wildman–Crippen MR) is 118 cm³/mol. The Morgan fingerprint density at radius 3 is 2.79 bits per heavy atom. The summed E-state index contributed by atoms with van der Waals surface area (Å²) in [5.74, 6) is 0.151. The van der Waals surface area contributed by atoms with Crippen LogP contribution in [0.3, 0.4) is 0 Å². The summed E-state index contributed by atoms with van der Waals surface area (Å²) in [6, 6.07) is 16.0. The molecule has 7 heteroatoms. The molecule has 4 aromatic rings. The number of nitrogens with one attached hydrogen (secondary N) is 1. The molecule has 6 nitrogen and oxygen atoms in total. The maximum atomic E-state index is 12.3. The summed E-state index contributed by atoms with van der Waals surface area (Å²) in [4.78, 5) is 17.1. The number of benzene rings is 2. The van der Waals surface area contributed by atoms with Crippen molar-refractivity contribution in [2.24, 2.45) is 0 Å². The molecule has 0 saturated heterocycles. The van der Waals surface area contributed by atoms with Gasteiger partial charge in [-0.15, -0.1) is 10.2 Å². The minimum atomic E-state index is -0.0824. The molecular weight excluding hydrogens is 382 g/mol. The number of para-hydroxylation sites is 1. The number of carbonyl (C=O) groups is 1. The Balaban J connectivity index is 1.53. The number of nitrogens with zero attached hydrogens (tertiary/aromatic N) is 4. The number of hydrogen-bond acceptors (Lipinski definition) is 5. The van der Waals surface area contributed by atoms with Gasteiger partial charge in [-0.3, -0.25) is 4.79 Å². The molecule has 0 aliphatic rings. The topological polar surface area (TPSA) is 72.7 Å². The van der Waals surface area contributed by atoms with E-state index in [9.17, 15) is 4.79 Å². The highest BCUT2D eigenvalue weighted by Crippen LogP contribution is 2.27. The van der Waals surface area contributed by atoms with Gasteiger partial charge in [0, 0.05) is 17.6 Å². The van der Waals surface area contributed by atoms with Crippen LogP contribution in [0.5, 0.6) is 0 Å². The number of fused-ring (bicyclic) bond motifs is 3. The van der Waals surface area contributed by atoms with Crippen LogP contribution in [0.4, 0.5) is 5.69 Å². The standard InChI is InChI=1S/C22H23N5OS/c1-3-12-27-18-11-6-5-10-17(18)20-21(27)24-22(26-25-20)29-14-19(28)23-16-9-7-8-15(4-2)13-16/h5-11,13H,3-4,12,14H2,1-2H3,(H,23,28). The molecule has 2 aromatic heterocycles. The summed E-state index contributed by atoms with van der Waals surface area (Å²) in [7, 11) is 0. The molecular formula is C22H23N5OS. The molecule has 0 bridgehead atoms.